The summed E-state index contributed by atoms with van der Waals surface area (Å²) in [7, 11) is 0. The first-order valence-electron chi connectivity index (χ1n) is 8.05. The molecule has 0 amide bonds. The average molecular weight is 392 g/mol. The van der Waals surface area contributed by atoms with Gasteiger partial charge in [-0.05, 0) is 24.5 Å². The Morgan fingerprint density at radius 2 is 2.19 bits per heavy atom. The van der Waals surface area contributed by atoms with Gasteiger partial charge in [-0.25, -0.2) is 0 Å². The lowest BCUT2D eigenvalue weighted by atomic mass is 9.86. The number of halogens is 4. The van der Waals surface area contributed by atoms with E-state index in [4.69, 9.17) is 21.1 Å². The van der Waals surface area contributed by atoms with Crippen LogP contribution in [0.1, 0.15) is 31.0 Å². The summed E-state index contributed by atoms with van der Waals surface area (Å²) >= 11 is 6.05. The second kappa shape index (κ2) is 6.66. The second-order valence-corrected chi connectivity index (χ2v) is 6.61. The summed E-state index contributed by atoms with van der Waals surface area (Å²) in [6, 6.07) is 3.17. The zero-order valence-electron chi connectivity index (χ0n) is 13.9. The lowest BCUT2D eigenvalue weighted by Crippen LogP contribution is -2.37. The first kappa shape index (κ1) is 18.8. The monoisotopic (exact) mass is 391 g/mol. The van der Waals surface area contributed by atoms with Gasteiger partial charge >= 0.3 is 12.1 Å². The van der Waals surface area contributed by atoms with Crippen molar-refractivity contribution in [1.82, 2.24) is 4.98 Å². The highest BCUT2D eigenvalue weighted by atomic mass is 35.5. The fourth-order valence-electron chi connectivity index (χ4n) is 3.42. The molecule has 142 valence electrons. The van der Waals surface area contributed by atoms with Gasteiger partial charge in [-0.15, -0.1) is 0 Å². The van der Waals surface area contributed by atoms with Crippen molar-refractivity contribution >= 4 is 28.5 Å². The van der Waals surface area contributed by atoms with Crippen LogP contribution in [0, 0.1) is 0 Å². The van der Waals surface area contributed by atoms with Crippen molar-refractivity contribution < 1.29 is 32.5 Å². The van der Waals surface area contributed by atoms with Gasteiger partial charge in [0.15, 0.2) is 12.4 Å². The molecule has 0 bridgehead atoms. The van der Waals surface area contributed by atoms with Crippen LogP contribution in [0.25, 0.3) is 10.9 Å². The zero-order valence-corrected chi connectivity index (χ0v) is 14.6. The fourth-order valence-corrected chi connectivity index (χ4v) is 3.63. The van der Waals surface area contributed by atoms with E-state index in [1.54, 1.807) is 13.0 Å². The highest BCUT2D eigenvalue weighted by Gasteiger charge is 2.41. The topological polar surface area (TPSA) is 71.5 Å². The second-order valence-electron chi connectivity index (χ2n) is 6.20. The van der Waals surface area contributed by atoms with Crippen LogP contribution >= 0.6 is 11.6 Å². The van der Waals surface area contributed by atoms with E-state index in [0.717, 1.165) is 5.56 Å². The summed E-state index contributed by atoms with van der Waals surface area (Å²) < 4.78 is 48.4. The maximum absolute atomic E-state index is 12.6. The van der Waals surface area contributed by atoms with Crippen LogP contribution in [0.3, 0.4) is 0 Å². The first-order valence-corrected chi connectivity index (χ1v) is 8.43. The number of hydrogen-bond donors (Lipinski definition) is 2. The van der Waals surface area contributed by atoms with Crippen molar-refractivity contribution in [3.8, 4) is 5.75 Å². The molecule has 1 aromatic carbocycles. The molecule has 0 fully saturated rings. The number of fused-ring (bicyclic) bond motifs is 3. The molecule has 0 spiro atoms. The highest BCUT2D eigenvalue weighted by Crippen LogP contribution is 2.44. The van der Waals surface area contributed by atoms with Gasteiger partial charge in [0, 0.05) is 5.39 Å². The molecule has 2 N–H and O–H groups in total. The van der Waals surface area contributed by atoms with Crippen LogP contribution < -0.4 is 4.74 Å². The van der Waals surface area contributed by atoms with Gasteiger partial charge in [0.1, 0.15) is 5.60 Å². The number of benzene rings is 1. The molecule has 2 aromatic rings. The third-order valence-electron chi connectivity index (χ3n) is 4.56. The van der Waals surface area contributed by atoms with Gasteiger partial charge in [-0.1, -0.05) is 24.6 Å². The lowest BCUT2D eigenvalue weighted by molar-refractivity contribution is -0.153. The molecule has 2 heterocycles. The van der Waals surface area contributed by atoms with E-state index in [-0.39, 0.29) is 17.2 Å². The fraction of sp³-hybridized carbons (Fsp3) is 0.471. The van der Waals surface area contributed by atoms with E-state index in [0.29, 0.717) is 36.0 Å². The Bertz CT molecular complexity index is 849. The number of aromatic nitrogens is 1. The van der Waals surface area contributed by atoms with Crippen molar-refractivity contribution in [3.05, 3.63) is 28.4 Å². The summed E-state index contributed by atoms with van der Waals surface area (Å²) in [5, 5.41) is 9.97. The van der Waals surface area contributed by atoms with Crippen LogP contribution in [-0.4, -0.2) is 35.4 Å². The Balaban J connectivity index is 2.15. The number of carboxylic acid groups (broad SMARTS) is 1. The smallest absolute Gasteiger partial charge is 0.422 e. The van der Waals surface area contributed by atoms with Crippen molar-refractivity contribution in [2.24, 2.45) is 0 Å². The molecule has 1 aromatic heterocycles. The van der Waals surface area contributed by atoms with Crippen LogP contribution in [0.4, 0.5) is 13.2 Å². The third-order valence-corrected chi connectivity index (χ3v) is 4.86. The molecule has 1 unspecified atom stereocenters. The van der Waals surface area contributed by atoms with Gasteiger partial charge in [0.05, 0.1) is 29.3 Å². The van der Waals surface area contributed by atoms with E-state index in [9.17, 15) is 23.1 Å². The molecule has 0 saturated carbocycles. The predicted molar refractivity (Wildman–Crippen MR) is 88.7 cm³/mol. The van der Waals surface area contributed by atoms with Crippen molar-refractivity contribution in [2.75, 3.05) is 13.2 Å². The SMILES string of the molecule is CCC1(CC(=O)O)OCCc2c1[nH]c1c(OCC(F)(F)F)c(Cl)ccc21. The Kier molecular flexibility index (Phi) is 4.83. The summed E-state index contributed by atoms with van der Waals surface area (Å²) in [5.74, 6) is -1.12. The number of alkyl halides is 3. The molecule has 3 rings (SSSR count). The normalized spacial score (nSPS) is 20.2. The molecule has 1 atom stereocenters. The number of ether oxygens (including phenoxy) is 2. The van der Waals surface area contributed by atoms with Crippen molar-refractivity contribution in [2.45, 2.75) is 38.0 Å². The first-order chi connectivity index (χ1) is 12.2. The largest absolute Gasteiger partial charge is 0.481 e. The number of rotatable bonds is 5. The quantitative estimate of drug-likeness (QED) is 0.791. The number of nitrogens with one attached hydrogen (secondary N) is 1. The van der Waals surface area contributed by atoms with Gasteiger partial charge in [0.2, 0.25) is 0 Å². The van der Waals surface area contributed by atoms with E-state index in [1.807, 2.05) is 0 Å². The lowest BCUT2D eigenvalue weighted by Gasteiger charge is -2.35. The number of carboxylic acids is 1. The summed E-state index contributed by atoms with van der Waals surface area (Å²) in [4.78, 5) is 14.4. The van der Waals surface area contributed by atoms with Gasteiger partial charge in [-0.3, -0.25) is 4.79 Å². The van der Waals surface area contributed by atoms with E-state index in [1.165, 1.54) is 6.07 Å². The summed E-state index contributed by atoms with van der Waals surface area (Å²) in [5.41, 5.74) is 0.637. The number of aromatic amines is 1. The minimum absolute atomic E-state index is 0.0431. The molecule has 0 radical (unpaired) electrons. The van der Waals surface area contributed by atoms with Crippen molar-refractivity contribution in [1.29, 1.82) is 0 Å². The van der Waals surface area contributed by atoms with E-state index >= 15 is 0 Å². The molecular formula is C17H17ClF3NO4. The van der Waals surface area contributed by atoms with E-state index in [2.05, 4.69) is 4.98 Å². The maximum Gasteiger partial charge on any atom is 0.422 e. The summed E-state index contributed by atoms with van der Waals surface area (Å²) in [6.45, 7) is 0.653. The minimum atomic E-state index is -4.50. The number of aliphatic carboxylic acids is 1. The Hall–Kier alpha value is -1.93. The maximum atomic E-state index is 12.6. The molecule has 9 heteroatoms. The van der Waals surface area contributed by atoms with E-state index < -0.39 is 24.4 Å². The zero-order chi connectivity index (χ0) is 19.1. The van der Waals surface area contributed by atoms with Crippen LogP contribution in [0.5, 0.6) is 5.75 Å². The molecule has 0 aliphatic carbocycles. The van der Waals surface area contributed by atoms with Crippen LogP contribution in [0.15, 0.2) is 12.1 Å². The Morgan fingerprint density at radius 1 is 1.46 bits per heavy atom. The molecule has 0 saturated heterocycles. The molecule has 1 aliphatic rings. The molecule has 1 aliphatic heterocycles. The van der Waals surface area contributed by atoms with Crippen molar-refractivity contribution in [3.63, 3.8) is 0 Å². The predicted octanol–water partition coefficient (Wildman–Crippen LogP) is 4.42. The third kappa shape index (κ3) is 3.35. The Labute approximate surface area is 152 Å². The Morgan fingerprint density at radius 3 is 2.81 bits per heavy atom. The minimum Gasteiger partial charge on any atom is -0.481 e. The summed E-state index contributed by atoms with van der Waals surface area (Å²) in [6.07, 6.45) is -3.85. The number of H-pyrrole nitrogens is 1. The number of hydrogen-bond acceptors (Lipinski definition) is 3. The highest BCUT2D eigenvalue weighted by molar-refractivity contribution is 6.33. The standard InChI is InChI=1S/C17H17ClF3NO4/c1-2-16(7-12(23)24)15-10(5-6-26-16)9-3-4-11(18)14(13(9)22-15)25-8-17(19,20)21/h3-4,22H,2,5-8H2,1H3,(H,23,24). The molecular weight excluding hydrogens is 375 g/mol. The van der Waals surface area contributed by atoms with Crippen LogP contribution in [0.2, 0.25) is 5.02 Å². The average Bonchev–Trinajstić information content (AvgIpc) is 2.92. The van der Waals surface area contributed by atoms with Gasteiger partial charge in [0.25, 0.3) is 0 Å². The molecule has 26 heavy (non-hydrogen) atoms. The molecule has 5 nitrogen and oxygen atoms in total. The number of carbonyl (C=O) groups is 1. The van der Waals surface area contributed by atoms with Crippen LogP contribution in [-0.2, 0) is 21.6 Å². The van der Waals surface area contributed by atoms with Gasteiger partial charge < -0.3 is 19.6 Å². The van der Waals surface area contributed by atoms with Gasteiger partial charge in [-0.2, -0.15) is 13.2 Å².